The third kappa shape index (κ3) is 3.29. The van der Waals surface area contributed by atoms with Gasteiger partial charge in [-0.05, 0) is 43.2 Å². The van der Waals surface area contributed by atoms with Crippen molar-refractivity contribution in [3.8, 4) is 0 Å². The largest absolute Gasteiger partial charge is 0.347 e. The number of fused-ring (bicyclic) bond motifs is 1. The summed E-state index contributed by atoms with van der Waals surface area (Å²) in [4.78, 5) is 13.8. The van der Waals surface area contributed by atoms with Crippen molar-refractivity contribution >= 4 is 27.5 Å². The van der Waals surface area contributed by atoms with Crippen LogP contribution in [0.25, 0.3) is 10.2 Å². The Labute approximate surface area is 138 Å². The van der Waals surface area contributed by atoms with E-state index >= 15 is 0 Å². The van der Waals surface area contributed by atoms with Crippen molar-refractivity contribution in [1.82, 2.24) is 9.88 Å². The number of aromatic nitrogens is 1. The Hall–Kier alpha value is -2.14. The molecule has 5 heteroatoms. The Kier molecular flexibility index (Phi) is 4.48. The van der Waals surface area contributed by atoms with Crippen LogP contribution in [0.5, 0.6) is 0 Å². The van der Waals surface area contributed by atoms with Crippen molar-refractivity contribution in [3.63, 3.8) is 0 Å². The molecule has 0 saturated carbocycles. The molecule has 0 aliphatic heterocycles. The summed E-state index contributed by atoms with van der Waals surface area (Å²) in [5.74, 6) is -0.411. The van der Waals surface area contributed by atoms with Crippen LogP contribution < -0.4 is 5.32 Å². The van der Waals surface area contributed by atoms with Crippen molar-refractivity contribution in [2.75, 3.05) is 0 Å². The standard InChI is InChI=1S/C18H19FN2OS/c1-3-7-21-15-8-12(2)23-17(15)10-16(21)18(22)20-11-13-5-4-6-14(19)9-13/h4-6,8-10H,3,7,11H2,1-2H3,(H,20,22). The lowest BCUT2D eigenvalue weighted by molar-refractivity contribution is 0.0942. The predicted molar refractivity (Wildman–Crippen MR) is 92.4 cm³/mol. The van der Waals surface area contributed by atoms with E-state index in [1.807, 2.05) is 6.07 Å². The van der Waals surface area contributed by atoms with Gasteiger partial charge in [-0.3, -0.25) is 4.79 Å². The maximum Gasteiger partial charge on any atom is 0.268 e. The van der Waals surface area contributed by atoms with Crippen molar-refractivity contribution in [1.29, 1.82) is 0 Å². The monoisotopic (exact) mass is 330 g/mol. The molecule has 3 rings (SSSR count). The molecule has 1 aromatic carbocycles. The van der Waals surface area contributed by atoms with Gasteiger partial charge in [0.25, 0.3) is 5.91 Å². The highest BCUT2D eigenvalue weighted by Gasteiger charge is 2.16. The van der Waals surface area contributed by atoms with E-state index in [-0.39, 0.29) is 11.7 Å². The molecule has 1 N–H and O–H groups in total. The summed E-state index contributed by atoms with van der Waals surface area (Å²) >= 11 is 1.70. The number of nitrogens with zero attached hydrogens (tertiary/aromatic N) is 1. The van der Waals surface area contributed by atoms with Gasteiger partial charge < -0.3 is 9.88 Å². The molecule has 0 aliphatic carbocycles. The summed E-state index contributed by atoms with van der Waals surface area (Å²) < 4.78 is 16.4. The zero-order valence-electron chi connectivity index (χ0n) is 13.2. The predicted octanol–water partition coefficient (Wildman–Crippen LogP) is 4.49. The number of carbonyl (C=O) groups excluding carboxylic acids is 1. The molecule has 2 aromatic heterocycles. The molecule has 0 radical (unpaired) electrons. The molecule has 2 heterocycles. The number of rotatable bonds is 5. The summed E-state index contributed by atoms with van der Waals surface area (Å²) in [7, 11) is 0. The van der Waals surface area contributed by atoms with E-state index in [1.165, 1.54) is 17.0 Å². The number of aryl methyl sites for hydroxylation is 2. The van der Waals surface area contributed by atoms with Gasteiger partial charge in [0.2, 0.25) is 0 Å². The maximum atomic E-state index is 13.2. The van der Waals surface area contributed by atoms with E-state index in [0.29, 0.717) is 12.2 Å². The van der Waals surface area contributed by atoms with Gasteiger partial charge in [0.15, 0.2) is 0 Å². The molecule has 3 aromatic rings. The van der Waals surface area contributed by atoms with Crippen LogP contribution in [0.4, 0.5) is 4.39 Å². The molecule has 0 fully saturated rings. The number of benzene rings is 1. The van der Waals surface area contributed by atoms with Gasteiger partial charge in [-0.1, -0.05) is 19.1 Å². The SMILES string of the molecule is CCCn1c(C(=O)NCc2cccc(F)c2)cc2sc(C)cc21. The molecule has 0 spiro atoms. The summed E-state index contributed by atoms with van der Waals surface area (Å²) in [6.07, 6.45) is 0.961. The molecular weight excluding hydrogens is 311 g/mol. The van der Waals surface area contributed by atoms with E-state index in [1.54, 1.807) is 23.5 Å². The Bertz CT molecular complexity index is 850. The number of carbonyl (C=O) groups is 1. The third-order valence-corrected chi connectivity index (χ3v) is 4.72. The van der Waals surface area contributed by atoms with E-state index in [9.17, 15) is 9.18 Å². The minimum absolute atomic E-state index is 0.122. The molecule has 0 unspecified atom stereocenters. The van der Waals surface area contributed by atoms with E-state index < -0.39 is 0 Å². The molecule has 1 amide bonds. The summed E-state index contributed by atoms with van der Waals surface area (Å²) in [6, 6.07) is 10.4. The van der Waals surface area contributed by atoms with Crippen LogP contribution in [-0.4, -0.2) is 10.5 Å². The molecule has 0 saturated heterocycles. The first-order chi connectivity index (χ1) is 11.1. The summed E-state index contributed by atoms with van der Waals surface area (Å²) in [5, 5.41) is 2.88. The fourth-order valence-electron chi connectivity index (χ4n) is 2.74. The number of nitrogens with one attached hydrogen (secondary N) is 1. The van der Waals surface area contributed by atoms with Crippen molar-refractivity contribution in [2.24, 2.45) is 0 Å². The van der Waals surface area contributed by atoms with Gasteiger partial charge >= 0.3 is 0 Å². The Morgan fingerprint density at radius 3 is 2.87 bits per heavy atom. The summed E-state index contributed by atoms with van der Waals surface area (Å²) in [6.45, 7) is 5.30. The first-order valence-corrected chi connectivity index (χ1v) is 8.52. The van der Waals surface area contributed by atoms with Gasteiger partial charge in [-0.25, -0.2) is 4.39 Å². The minimum Gasteiger partial charge on any atom is -0.347 e. The number of amides is 1. The molecular formula is C18H19FN2OS. The Balaban J connectivity index is 1.82. The zero-order chi connectivity index (χ0) is 16.4. The fraction of sp³-hybridized carbons (Fsp3) is 0.278. The quantitative estimate of drug-likeness (QED) is 0.735. The number of halogens is 1. The third-order valence-electron chi connectivity index (χ3n) is 3.73. The van der Waals surface area contributed by atoms with Gasteiger partial charge in [0.1, 0.15) is 11.5 Å². The highest BCUT2D eigenvalue weighted by atomic mass is 32.1. The number of thiophene rings is 1. The van der Waals surface area contributed by atoms with Crippen LogP contribution in [0.3, 0.4) is 0 Å². The second kappa shape index (κ2) is 6.54. The minimum atomic E-state index is -0.290. The lowest BCUT2D eigenvalue weighted by Crippen LogP contribution is -2.25. The number of hydrogen-bond donors (Lipinski definition) is 1. The van der Waals surface area contributed by atoms with Crippen LogP contribution in [0.15, 0.2) is 36.4 Å². The van der Waals surface area contributed by atoms with E-state index in [2.05, 4.69) is 29.8 Å². The second-order valence-corrected chi connectivity index (χ2v) is 6.89. The second-order valence-electron chi connectivity index (χ2n) is 5.60. The first-order valence-electron chi connectivity index (χ1n) is 7.71. The highest BCUT2D eigenvalue weighted by Crippen LogP contribution is 2.29. The summed E-state index contributed by atoms with van der Waals surface area (Å²) in [5.41, 5.74) is 2.54. The lowest BCUT2D eigenvalue weighted by atomic mass is 10.2. The lowest BCUT2D eigenvalue weighted by Gasteiger charge is -2.10. The average Bonchev–Trinajstić information content (AvgIpc) is 3.03. The molecule has 0 aliphatic rings. The van der Waals surface area contributed by atoms with Crippen molar-refractivity contribution < 1.29 is 9.18 Å². The molecule has 120 valence electrons. The highest BCUT2D eigenvalue weighted by molar-refractivity contribution is 7.19. The smallest absolute Gasteiger partial charge is 0.268 e. The number of hydrogen-bond acceptors (Lipinski definition) is 2. The van der Waals surface area contributed by atoms with Crippen LogP contribution in [-0.2, 0) is 13.1 Å². The van der Waals surface area contributed by atoms with Gasteiger partial charge in [-0.2, -0.15) is 0 Å². The first kappa shape index (κ1) is 15.7. The normalized spacial score (nSPS) is 11.1. The Morgan fingerprint density at radius 1 is 1.30 bits per heavy atom. The Morgan fingerprint density at radius 2 is 2.13 bits per heavy atom. The van der Waals surface area contributed by atoms with Crippen LogP contribution in [0.2, 0.25) is 0 Å². The van der Waals surface area contributed by atoms with Crippen molar-refractivity contribution in [3.05, 3.63) is 58.3 Å². The molecule has 3 nitrogen and oxygen atoms in total. The van der Waals surface area contributed by atoms with Crippen LogP contribution >= 0.6 is 11.3 Å². The van der Waals surface area contributed by atoms with Gasteiger partial charge in [-0.15, -0.1) is 11.3 Å². The maximum absolute atomic E-state index is 13.2. The molecule has 23 heavy (non-hydrogen) atoms. The van der Waals surface area contributed by atoms with E-state index in [0.717, 1.165) is 28.7 Å². The van der Waals surface area contributed by atoms with Crippen molar-refractivity contribution in [2.45, 2.75) is 33.4 Å². The van der Waals surface area contributed by atoms with Crippen LogP contribution in [0.1, 0.15) is 34.3 Å². The topological polar surface area (TPSA) is 34.0 Å². The van der Waals surface area contributed by atoms with Crippen LogP contribution in [0, 0.1) is 12.7 Å². The molecule has 0 atom stereocenters. The van der Waals surface area contributed by atoms with Gasteiger partial charge in [0.05, 0.1) is 10.2 Å². The van der Waals surface area contributed by atoms with E-state index in [4.69, 9.17) is 0 Å². The fourth-order valence-corrected chi connectivity index (χ4v) is 3.70. The van der Waals surface area contributed by atoms with Gasteiger partial charge in [0, 0.05) is 18.0 Å². The average molecular weight is 330 g/mol. The zero-order valence-corrected chi connectivity index (χ0v) is 14.0. The molecule has 0 bridgehead atoms.